The Kier molecular flexibility index (Phi) is 5.74. The minimum atomic E-state index is -0.284. The van der Waals surface area contributed by atoms with Crippen LogP contribution in [0.15, 0.2) is 29.6 Å². The average molecular weight is 358 g/mol. The number of nitrogens with one attached hydrogen (secondary N) is 1. The number of benzene rings is 1. The first-order valence-electron chi connectivity index (χ1n) is 8.27. The molecular weight excluding hydrogens is 339 g/mol. The fraction of sp³-hybridized carbons (Fsp3) is 0.389. The van der Waals surface area contributed by atoms with E-state index in [9.17, 15) is 9.18 Å². The lowest BCUT2D eigenvalue weighted by Gasteiger charge is -2.30. The van der Waals surface area contributed by atoms with Crippen LogP contribution < -0.4 is 5.32 Å². The number of likely N-dealkylation sites (tertiary alicyclic amines) is 1. The van der Waals surface area contributed by atoms with Crippen molar-refractivity contribution in [3.05, 3.63) is 35.5 Å². The number of nitrogens with zero attached hydrogens (tertiary/aromatic N) is 3. The summed E-state index contributed by atoms with van der Waals surface area (Å²) < 4.78 is 13.0. The summed E-state index contributed by atoms with van der Waals surface area (Å²) in [5.41, 5.74) is 1.55. The summed E-state index contributed by atoms with van der Waals surface area (Å²) in [7, 11) is 0. The molecule has 1 aromatic heterocycles. The predicted octanol–water partition coefficient (Wildman–Crippen LogP) is 3.51. The highest BCUT2D eigenvalue weighted by Crippen LogP contribution is 2.26. The van der Waals surface area contributed by atoms with Crippen molar-refractivity contribution >= 4 is 22.4 Å². The van der Waals surface area contributed by atoms with Gasteiger partial charge in [-0.25, -0.2) is 9.37 Å². The molecule has 25 heavy (non-hydrogen) atoms. The molecule has 1 fully saturated rings. The smallest absolute Gasteiger partial charge is 0.229 e. The molecule has 3 rings (SSSR count). The number of hydrogen-bond donors (Lipinski definition) is 1. The number of nitriles is 1. The van der Waals surface area contributed by atoms with Gasteiger partial charge in [0.15, 0.2) is 5.13 Å². The van der Waals surface area contributed by atoms with Crippen molar-refractivity contribution in [3.8, 4) is 17.3 Å². The Morgan fingerprint density at radius 1 is 1.36 bits per heavy atom. The molecule has 1 aliphatic rings. The largest absolute Gasteiger partial charge is 0.302 e. The number of carbonyl (C=O) groups excluding carboxylic acids is 1. The Bertz CT molecular complexity index is 760. The van der Waals surface area contributed by atoms with Gasteiger partial charge in [-0.05, 0) is 50.2 Å². The minimum Gasteiger partial charge on any atom is -0.302 e. The van der Waals surface area contributed by atoms with Crippen molar-refractivity contribution < 1.29 is 9.18 Å². The second kappa shape index (κ2) is 8.19. The molecular formula is C18H19FN4OS. The first-order valence-corrected chi connectivity index (χ1v) is 9.15. The van der Waals surface area contributed by atoms with Gasteiger partial charge in [0.1, 0.15) is 5.82 Å². The number of thiazole rings is 1. The zero-order chi connectivity index (χ0) is 17.6. The third-order valence-corrected chi connectivity index (χ3v) is 5.13. The van der Waals surface area contributed by atoms with Crippen molar-refractivity contribution in [1.82, 2.24) is 9.88 Å². The van der Waals surface area contributed by atoms with E-state index in [1.807, 2.05) is 5.38 Å². The Hall–Kier alpha value is -2.30. The topological polar surface area (TPSA) is 69.0 Å². The Morgan fingerprint density at radius 2 is 2.08 bits per heavy atom. The van der Waals surface area contributed by atoms with Crippen molar-refractivity contribution in [1.29, 1.82) is 5.26 Å². The zero-order valence-electron chi connectivity index (χ0n) is 13.7. The molecule has 0 spiro atoms. The molecule has 1 aliphatic heterocycles. The summed E-state index contributed by atoms with van der Waals surface area (Å²) >= 11 is 1.37. The third kappa shape index (κ3) is 4.62. The number of piperidine rings is 1. The van der Waals surface area contributed by atoms with E-state index < -0.39 is 0 Å². The van der Waals surface area contributed by atoms with Crippen molar-refractivity contribution in [2.75, 3.05) is 25.0 Å². The van der Waals surface area contributed by atoms with E-state index in [0.29, 0.717) is 11.6 Å². The van der Waals surface area contributed by atoms with E-state index in [0.717, 1.165) is 43.7 Å². The van der Waals surface area contributed by atoms with E-state index in [1.165, 1.54) is 23.5 Å². The average Bonchev–Trinajstić information content (AvgIpc) is 3.09. The van der Waals surface area contributed by atoms with Crippen LogP contribution in [0.4, 0.5) is 9.52 Å². The Morgan fingerprint density at radius 3 is 2.76 bits per heavy atom. The second-order valence-electron chi connectivity index (χ2n) is 6.06. The minimum absolute atomic E-state index is 0.0000562. The summed E-state index contributed by atoms with van der Waals surface area (Å²) in [6.45, 7) is 2.47. The normalized spacial score (nSPS) is 15.7. The van der Waals surface area contributed by atoms with Gasteiger partial charge in [-0.15, -0.1) is 11.3 Å². The quantitative estimate of drug-likeness (QED) is 0.888. The molecule has 130 valence electrons. The number of amides is 1. The molecule has 0 atom stereocenters. The molecule has 1 saturated heterocycles. The second-order valence-corrected chi connectivity index (χ2v) is 6.92. The number of hydrogen-bond acceptors (Lipinski definition) is 5. The fourth-order valence-corrected chi connectivity index (χ4v) is 3.64. The van der Waals surface area contributed by atoms with Gasteiger partial charge in [0.2, 0.25) is 5.91 Å². The summed E-state index contributed by atoms with van der Waals surface area (Å²) in [4.78, 5) is 19.1. The van der Waals surface area contributed by atoms with E-state index in [2.05, 4.69) is 21.3 Å². The van der Waals surface area contributed by atoms with Gasteiger partial charge in [0.05, 0.1) is 11.8 Å². The summed E-state index contributed by atoms with van der Waals surface area (Å²) in [5.74, 6) is -0.301. The van der Waals surface area contributed by atoms with Crippen molar-refractivity contribution in [3.63, 3.8) is 0 Å². The molecule has 7 heteroatoms. The molecule has 2 heterocycles. The molecule has 5 nitrogen and oxygen atoms in total. The van der Waals surface area contributed by atoms with Crippen LogP contribution in [0.2, 0.25) is 0 Å². The molecule has 0 aliphatic carbocycles. The Labute approximate surface area is 150 Å². The standard InChI is InChI=1S/C18H19FN4OS/c19-15-4-2-13(3-5-15)16-12-25-18(21-16)22-17(24)14-6-10-23(11-7-14)9-1-8-20/h2-5,12,14H,1,6-7,9-11H2,(H,21,22,24). The maximum atomic E-state index is 13.0. The molecule has 1 aromatic carbocycles. The number of rotatable bonds is 5. The van der Waals surface area contributed by atoms with Crippen LogP contribution >= 0.6 is 11.3 Å². The van der Waals surface area contributed by atoms with E-state index in [1.54, 1.807) is 12.1 Å². The van der Waals surface area contributed by atoms with Crippen LogP contribution in [0.3, 0.4) is 0 Å². The molecule has 1 N–H and O–H groups in total. The highest BCUT2D eigenvalue weighted by atomic mass is 32.1. The predicted molar refractivity (Wildman–Crippen MR) is 95.5 cm³/mol. The van der Waals surface area contributed by atoms with Crippen molar-refractivity contribution in [2.24, 2.45) is 5.92 Å². The number of anilines is 1. The van der Waals surface area contributed by atoms with Gasteiger partial charge >= 0.3 is 0 Å². The van der Waals surface area contributed by atoms with Crippen LogP contribution in [-0.4, -0.2) is 35.4 Å². The van der Waals surface area contributed by atoms with Gasteiger partial charge in [-0.3, -0.25) is 4.79 Å². The summed E-state index contributed by atoms with van der Waals surface area (Å²) in [6.07, 6.45) is 2.13. The zero-order valence-corrected chi connectivity index (χ0v) is 14.6. The molecule has 0 radical (unpaired) electrons. The van der Waals surface area contributed by atoms with Gasteiger partial charge in [0, 0.05) is 29.8 Å². The maximum Gasteiger partial charge on any atom is 0.229 e. The molecule has 0 saturated carbocycles. The first-order chi connectivity index (χ1) is 12.2. The van der Waals surface area contributed by atoms with Crippen LogP contribution in [0.5, 0.6) is 0 Å². The van der Waals surface area contributed by atoms with Crippen LogP contribution in [0, 0.1) is 23.1 Å². The van der Waals surface area contributed by atoms with Crippen LogP contribution in [0.1, 0.15) is 19.3 Å². The van der Waals surface area contributed by atoms with Crippen LogP contribution in [-0.2, 0) is 4.79 Å². The highest BCUT2D eigenvalue weighted by Gasteiger charge is 2.25. The number of carbonyl (C=O) groups is 1. The van der Waals surface area contributed by atoms with Gasteiger partial charge in [-0.2, -0.15) is 5.26 Å². The van der Waals surface area contributed by atoms with E-state index >= 15 is 0 Å². The van der Waals surface area contributed by atoms with Gasteiger partial charge in [-0.1, -0.05) is 0 Å². The van der Waals surface area contributed by atoms with E-state index in [4.69, 9.17) is 5.26 Å². The van der Waals surface area contributed by atoms with Gasteiger partial charge in [0.25, 0.3) is 0 Å². The molecule has 1 amide bonds. The highest BCUT2D eigenvalue weighted by molar-refractivity contribution is 7.14. The fourth-order valence-electron chi connectivity index (χ4n) is 2.92. The Balaban J connectivity index is 1.54. The van der Waals surface area contributed by atoms with E-state index in [-0.39, 0.29) is 17.6 Å². The lowest BCUT2D eigenvalue weighted by molar-refractivity contribution is -0.121. The lowest BCUT2D eigenvalue weighted by atomic mass is 9.96. The molecule has 0 bridgehead atoms. The van der Waals surface area contributed by atoms with Crippen molar-refractivity contribution in [2.45, 2.75) is 19.3 Å². The van der Waals surface area contributed by atoms with Crippen LogP contribution in [0.25, 0.3) is 11.3 Å². The molecule has 2 aromatic rings. The van der Waals surface area contributed by atoms with Gasteiger partial charge < -0.3 is 10.2 Å². The lowest BCUT2D eigenvalue weighted by Crippen LogP contribution is -2.38. The third-order valence-electron chi connectivity index (χ3n) is 4.37. The summed E-state index contributed by atoms with van der Waals surface area (Å²) in [5, 5.41) is 13.9. The maximum absolute atomic E-state index is 13.0. The molecule has 0 unspecified atom stereocenters. The first kappa shape index (κ1) is 17.5. The SMILES string of the molecule is N#CCCN1CCC(C(=O)Nc2nc(-c3ccc(F)cc3)cs2)CC1. The summed E-state index contributed by atoms with van der Waals surface area (Å²) in [6, 6.07) is 8.29. The number of aromatic nitrogens is 1. The number of halogens is 1. The monoisotopic (exact) mass is 358 g/mol.